The molecule has 0 aliphatic heterocycles. The maximum absolute atomic E-state index is 5.91. The number of benzene rings is 2. The van der Waals surface area contributed by atoms with Gasteiger partial charge in [-0.3, -0.25) is 0 Å². The molecule has 10 heteroatoms. The fourth-order valence-electron chi connectivity index (χ4n) is 2.54. The Hall–Kier alpha value is -2.91. The molecule has 0 bridgehead atoms. The zero-order valence-corrected chi connectivity index (χ0v) is 16.6. The van der Waals surface area contributed by atoms with Gasteiger partial charge in [-0.1, -0.05) is 34.6 Å². The zero-order valence-electron chi connectivity index (χ0n) is 15.0. The van der Waals surface area contributed by atoms with Crippen LogP contribution >= 0.6 is 23.4 Å². The Kier molecular flexibility index (Phi) is 5.27. The third kappa shape index (κ3) is 3.85. The van der Waals surface area contributed by atoms with Crippen molar-refractivity contribution in [3.8, 4) is 22.8 Å². The topological polar surface area (TPSA) is 91.8 Å². The third-order valence-corrected chi connectivity index (χ3v) is 5.05. The van der Waals surface area contributed by atoms with Gasteiger partial charge in [0, 0.05) is 10.6 Å². The Morgan fingerprint density at radius 3 is 2.79 bits per heavy atom. The summed E-state index contributed by atoms with van der Waals surface area (Å²) in [6.45, 7) is 2.00. The highest BCUT2D eigenvalue weighted by Crippen LogP contribution is 2.28. The Balaban J connectivity index is 1.52. The molecule has 0 radical (unpaired) electrons. The van der Waals surface area contributed by atoms with Crippen molar-refractivity contribution in [1.82, 2.24) is 30.3 Å². The molecule has 0 saturated heterocycles. The summed E-state index contributed by atoms with van der Waals surface area (Å²) in [4.78, 5) is 4.42. The number of ether oxygens (including phenoxy) is 1. The van der Waals surface area contributed by atoms with Crippen LogP contribution in [0.25, 0.3) is 17.1 Å². The first-order chi connectivity index (χ1) is 13.6. The Morgan fingerprint density at radius 2 is 2.00 bits per heavy atom. The molecule has 0 unspecified atom stereocenters. The van der Waals surface area contributed by atoms with Crippen molar-refractivity contribution in [3.63, 3.8) is 0 Å². The molecule has 2 aromatic carbocycles. The van der Waals surface area contributed by atoms with Crippen LogP contribution in [0, 0.1) is 6.92 Å². The van der Waals surface area contributed by atoms with Crippen LogP contribution in [-0.2, 0) is 5.75 Å². The second-order valence-corrected chi connectivity index (χ2v) is 7.23. The first-order valence-electron chi connectivity index (χ1n) is 8.29. The SMILES string of the molecule is COc1ccc(C)cc1-n1nnnc1SCc1nc(-c2ccc(Cl)cc2)no1. The summed E-state index contributed by atoms with van der Waals surface area (Å²) in [5.41, 5.74) is 2.67. The van der Waals surface area contributed by atoms with E-state index in [-0.39, 0.29) is 0 Å². The van der Waals surface area contributed by atoms with E-state index in [0.29, 0.717) is 33.4 Å². The number of rotatable bonds is 6. The van der Waals surface area contributed by atoms with E-state index in [4.69, 9.17) is 20.9 Å². The van der Waals surface area contributed by atoms with Gasteiger partial charge in [0.05, 0.1) is 12.9 Å². The highest BCUT2D eigenvalue weighted by atomic mass is 35.5. The predicted octanol–water partition coefficient (Wildman–Crippen LogP) is 3.98. The minimum atomic E-state index is 0.426. The monoisotopic (exact) mass is 414 g/mol. The number of thioether (sulfide) groups is 1. The summed E-state index contributed by atoms with van der Waals surface area (Å²) in [5, 5.41) is 17.2. The number of aryl methyl sites for hydroxylation is 1. The van der Waals surface area contributed by atoms with E-state index >= 15 is 0 Å². The van der Waals surface area contributed by atoms with Crippen molar-refractivity contribution >= 4 is 23.4 Å². The molecule has 8 nitrogen and oxygen atoms in total. The molecule has 0 fully saturated rings. The number of methoxy groups -OCH3 is 1. The summed E-state index contributed by atoms with van der Waals surface area (Å²) in [6.07, 6.45) is 0. The molecular formula is C18H15ClN6O2S. The van der Waals surface area contributed by atoms with Crippen molar-refractivity contribution in [2.75, 3.05) is 7.11 Å². The highest BCUT2D eigenvalue weighted by Gasteiger charge is 2.16. The molecule has 142 valence electrons. The van der Waals surface area contributed by atoms with Gasteiger partial charge in [0.2, 0.25) is 16.9 Å². The van der Waals surface area contributed by atoms with Gasteiger partial charge in [0.25, 0.3) is 0 Å². The van der Waals surface area contributed by atoms with E-state index in [2.05, 4.69) is 25.7 Å². The first-order valence-corrected chi connectivity index (χ1v) is 9.65. The van der Waals surface area contributed by atoms with Gasteiger partial charge in [0.1, 0.15) is 11.4 Å². The minimum Gasteiger partial charge on any atom is -0.494 e. The van der Waals surface area contributed by atoms with Crippen molar-refractivity contribution in [3.05, 3.63) is 58.9 Å². The van der Waals surface area contributed by atoms with Crippen LogP contribution in [0.3, 0.4) is 0 Å². The minimum absolute atomic E-state index is 0.426. The maximum atomic E-state index is 5.91. The van der Waals surface area contributed by atoms with E-state index in [1.807, 2.05) is 37.3 Å². The molecule has 0 atom stereocenters. The molecule has 4 aromatic rings. The number of hydrogen-bond donors (Lipinski definition) is 0. The highest BCUT2D eigenvalue weighted by molar-refractivity contribution is 7.98. The summed E-state index contributed by atoms with van der Waals surface area (Å²) >= 11 is 7.30. The summed E-state index contributed by atoms with van der Waals surface area (Å²) in [7, 11) is 1.61. The van der Waals surface area contributed by atoms with E-state index in [1.54, 1.807) is 23.9 Å². The van der Waals surface area contributed by atoms with Crippen molar-refractivity contribution in [1.29, 1.82) is 0 Å². The van der Waals surface area contributed by atoms with Crippen LogP contribution in [0.1, 0.15) is 11.5 Å². The lowest BCUT2D eigenvalue weighted by molar-refractivity contribution is 0.391. The molecular weight excluding hydrogens is 400 g/mol. The number of hydrogen-bond acceptors (Lipinski definition) is 8. The van der Waals surface area contributed by atoms with Gasteiger partial charge in [-0.15, -0.1) is 5.10 Å². The molecule has 0 aliphatic carbocycles. The largest absolute Gasteiger partial charge is 0.494 e. The van der Waals surface area contributed by atoms with Gasteiger partial charge in [-0.25, -0.2) is 0 Å². The smallest absolute Gasteiger partial charge is 0.237 e. The lowest BCUT2D eigenvalue weighted by Gasteiger charge is -2.09. The fraction of sp³-hybridized carbons (Fsp3) is 0.167. The van der Waals surface area contributed by atoms with Crippen molar-refractivity contribution < 1.29 is 9.26 Å². The number of halogens is 1. The van der Waals surface area contributed by atoms with Gasteiger partial charge < -0.3 is 9.26 Å². The number of nitrogens with zero attached hydrogens (tertiary/aromatic N) is 6. The normalized spacial score (nSPS) is 11.0. The van der Waals surface area contributed by atoms with Gasteiger partial charge in [-0.05, 0) is 59.3 Å². The third-order valence-electron chi connectivity index (χ3n) is 3.90. The van der Waals surface area contributed by atoms with Gasteiger partial charge in [0.15, 0.2) is 0 Å². The number of aromatic nitrogens is 6. The van der Waals surface area contributed by atoms with Gasteiger partial charge in [-0.2, -0.15) is 9.67 Å². The summed E-state index contributed by atoms with van der Waals surface area (Å²) in [6, 6.07) is 13.1. The fourth-order valence-corrected chi connectivity index (χ4v) is 3.39. The Morgan fingerprint density at radius 1 is 1.18 bits per heavy atom. The predicted molar refractivity (Wildman–Crippen MR) is 105 cm³/mol. The summed E-state index contributed by atoms with van der Waals surface area (Å²) < 4.78 is 12.4. The molecule has 4 rings (SSSR count). The molecule has 0 aliphatic rings. The summed E-state index contributed by atoms with van der Waals surface area (Å²) in [5.74, 6) is 2.09. The molecule has 28 heavy (non-hydrogen) atoms. The van der Waals surface area contributed by atoms with Crippen LogP contribution < -0.4 is 4.74 Å². The maximum Gasteiger partial charge on any atom is 0.237 e. The molecule has 0 N–H and O–H groups in total. The standard InChI is InChI=1S/C18H15ClN6O2S/c1-11-3-8-15(26-2)14(9-11)25-18(21-23-24-25)28-10-16-20-17(22-27-16)12-4-6-13(19)7-5-12/h3-9H,10H2,1-2H3. The quantitative estimate of drug-likeness (QED) is 0.437. The molecule has 2 aromatic heterocycles. The lowest BCUT2D eigenvalue weighted by atomic mass is 10.2. The Labute approximate surface area is 169 Å². The van der Waals surface area contributed by atoms with Crippen LogP contribution in [-0.4, -0.2) is 37.5 Å². The van der Waals surface area contributed by atoms with Gasteiger partial charge >= 0.3 is 0 Å². The molecule has 0 amide bonds. The van der Waals surface area contributed by atoms with E-state index in [9.17, 15) is 0 Å². The van der Waals surface area contributed by atoms with Crippen molar-refractivity contribution in [2.45, 2.75) is 17.8 Å². The molecule has 0 saturated carbocycles. The molecule has 0 spiro atoms. The van der Waals surface area contributed by atoms with E-state index in [0.717, 1.165) is 16.8 Å². The average Bonchev–Trinajstić information content (AvgIpc) is 3.36. The van der Waals surface area contributed by atoms with E-state index in [1.165, 1.54) is 11.8 Å². The second-order valence-electron chi connectivity index (χ2n) is 5.86. The van der Waals surface area contributed by atoms with Crippen LogP contribution in [0.2, 0.25) is 5.02 Å². The van der Waals surface area contributed by atoms with E-state index < -0.39 is 0 Å². The zero-order chi connectivity index (χ0) is 19.5. The first kappa shape index (κ1) is 18.5. The molecule has 2 heterocycles. The second kappa shape index (κ2) is 7.99. The van der Waals surface area contributed by atoms with Crippen LogP contribution in [0.5, 0.6) is 5.75 Å². The van der Waals surface area contributed by atoms with Crippen LogP contribution in [0.4, 0.5) is 0 Å². The average molecular weight is 415 g/mol. The number of tetrazole rings is 1. The lowest BCUT2D eigenvalue weighted by Crippen LogP contribution is -2.02. The van der Waals surface area contributed by atoms with Crippen LogP contribution in [0.15, 0.2) is 52.1 Å². The Bertz CT molecular complexity index is 1100. The van der Waals surface area contributed by atoms with Crippen molar-refractivity contribution in [2.24, 2.45) is 0 Å².